The van der Waals surface area contributed by atoms with E-state index in [-0.39, 0.29) is 12.8 Å². The van der Waals surface area contributed by atoms with Crippen LogP contribution in [-0.4, -0.2) is 29.0 Å². The summed E-state index contributed by atoms with van der Waals surface area (Å²) in [5.41, 5.74) is 1.75. The van der Waals surface area contributed by atoms with Gasteiger partial charge in [0.15, 0.2) is 0 Å². The van der Waals surface area contributed by atoms with Gasteiger partial charge in [0, 0.05) is 37.3 Å². The van der Waals surface area contributed by atoms with Crippen LogP contribution in [0.4, 0.5) is 14.7 Å². The summed E-state index contributed by atoms with van der Waals surface area (Å²) in [6.07, 6.45) is -0.216. The van der Waals surface area contributed by atoms with E-state index in [0.717, 1.165) is 11.4 Å². The van der Waals surface area contributed by atoms with Crippen LogP contribution in [0.5, 0.6) is 0 Å². The number of alkyl halides is 2. The molecule has 0 unspecified atom stereocenters. The minimum absolute atomic E-state index is 0.108. The molecule has 0 saturated carbocycles. The van der Waals surface area contributed by atoms with Gasteiger partial charge in [-0.25, -0.2) is 18.7 Å². The second-order valence-corrected chi connectivity index (χ2v) is 4.29. The number of rotatable bonds is 1. The summed E-state index contributed by atoms with van der Waals surface area (Å²) in [7, 11) is 0. The number of halogens is 2. The fourth-order valence-electron chi connectivity index (χ4n) is 1.88. The Morgan fingerprint density at radius 2 is 1.62 bits per heavy atom. The van der Waals surface area contributed by atoms with Gasteiger partial charge in [-0.1, -0.05) is 0 Å². The zero-order valence-corrected chi connectivity index (χ0v) is 9.50. The standard InChI is InChI=1S/C11H15F2N3/c1-8-7-9(2)15-10(14-8)16-5-3-11(12,13)4-6-16/h7H,3-6H2,1-2H3. The van der Waals surface area contributed by atoms with Gasteiger partial charge in [0.1, 0.15) is 0 Å². The summed E-state index contributed by atoms with van der Waals surface area (Å²) < 4.78 is 26.0. The van der Waals surface area contributed by atoms with Gasteiger partial charge in [-0.3, -0.25) is 0 Å². The highest BCUT2D eigenvalue weighted by Crippen LogP contribution is 2.29. The van der Waals surface area contributed by atoms with E-state index in [4.69, 9.17) is 0 Å². The molecule has 0 bridgehead atoms. The first kappa shape index (κ1) is 11.2. The number of nitrogens with zero attached hydrogens (tertiary/aromatic N) is 3. The predicted octanol–water partition coefficient (Wildman–Crippen LogP) is 2.33. The van der Waals surface area contributed by atoms with Crippen LogP contribution in [0.2, 0.25) is 0 Å². The average molecular weight is 227 g/mol. The second kappa shape index (κ2) is 3.96. The summed E-state index contributed by atoms with van der Waals surface area (Å²) in [6, 6.07) is 1.88. The van der Waals surface area contributed by atoms with Gasteiger partial charge in [-0.05, 0) is 19.9 Å². The fraction of sp³-hybridized carbons (Fsp3) is 0.636. The number of hydrogen-bond acceptors (Lipinski definition) is 3. The van der Waals surface area contributed by atoms with Gasteiger partial charge in [0.05, 0.1) is 0 Å². The minimum Gasteiger partial charge on any atom is -0.340 e. The van der Waals surface area contributed by atoms with E-state index >= 15 is 0 Å². The smallest absolute Gasteiger partial charge is 0.251 e. The molecular formula is C11H15F2N3. The van der Waals surface area contributed by atoms with Crippen molar-refractivity contribution >= 4 is 5.95 Å². The molecule has 1 saturated heterocycles. The molecule has 0 amide bonds. The SMILES string of the molecule is Cc1cc(C)nc(N2CCC(F)(F)CC2)n1. The van der Waals surface area contributed by atoms with Crippen molar-refractivity contribution in [3.63, 3.8) is 0 Å². The number of aromatic nitrogens is 2. The third-order valence-electron chi connectivity index (χ3n) is 2.75. The molecule has 3 nitrogen and oxygen atoms in total. The average Bonchev–Trinajstić information content (AvgIpc) is 2.15. The summed E-state index contributed by atoms with van der Waals surface area (Å²) in [5, 5.41) is 0. The Bertz CT molecular complexity index is 363. The first-order valence-corrected chi connectivity index (χ1v) is 5.41. The summed E-state index contributed by atoms with van der Waals surface area (Å²) >= 11 is 0. The summed E-state index contributed by atoms with van der Waals surface area (Å²) in [4.78, 5) is 10.4. The van der Waals surface area contributed by atoms with Crippen molar-refractivity contribution in [1.29, 1.82) is 0 Å². The molecule has 2 heterocycles. The Balaban J connectivity index is 2.14. The normalized spacial score (nSPS) is 19.9. The van der Waals surface area contributed by atoms with Crippen LogP contribution in [0.15, 0.2) is 6.07 Å². The lowest BCUT2D eigenvalue weighted by Crippen LogP contribution is -2.40. The molecule has 16 heavy (non-hydrogen) atoms. The van der Waals surface area contributed by atoms with Crippen molar-refractivity contribution in [1.82, 2.24) is 9.97 Å². The Hall–Kier alpha value is -1.26. The van der Waals surface area contributed by atoms with Gasteiger partial charge in [-0.15, -0.1) is 0 Å². The van der Waals surface area contributed by atoms with Crippen LogP contribution in [0.1, 0.15) is 24.2 Å². The lowest BCUT2D eigenvalue weighted by atomic mass is 10.1. The maximum Gasteiger partial charge on any atom is 0.251 e. The Morgan fingerprint density at radius 1 is 1.12 bits per heavy atom. The molecule has 0 N–H and O–H groups in total. The highest BCUT2D eigenvalue weighted by atomic mass is 19.3. The highest BCUT2D eigenvalue weighted by molar-refractivity contribution is 5.32. The molecular weight excluding hydrogens is 212 g/mol. The quantitative estimate of drug-likeness (QED) is 0.737. The molecule has 1 aliphatic rings. The van der Waals surface area contributed by atoms with Crippen molar-refractivity contribution in [2.24, 2.45) is 0 Å². The molecule has 5 heteroatoms. The van der Waals surface area contributed by atoms with Crippen LogP contribution in [0.25, 0.3) is 0 Å². The van der Waals surface area contributed by atoms with Gasteiger partial charge in [0.25, 0.3) is 5.92 Å². The molecule has 1 fully saturated rings. The minimum atomic E-state index is -2.52. The van der Waals surface area contributed by atoms with Crippen molar-refractivity contribution in [3.05, 3.63) is 17.5 Å². The van der Waals surface area contributed by atoms with Crippen LogP contribution >= 0.6 is 0 Å². The predicted molar refractivity (Wildman–Crippen MR) is 57.9 cm³/mol. The molecule has 1 aliphatic heterocycles. The maximum absolute atomic E-state index is 13.0. The monoisotopic (exact) mass is 227 g/mol. The molecule has 1 aromatic rings. The largest absolute Gasteiger partial charge is 0.340 e. The Morgan fingerprint density at radius 3 is 2.12 bits per heavy atom. The van der Waals surface area contributed by atoms with E-state index in [9.17, 15) is 8.78 Å². The first-order chi connectivity index (χ1) is 7.46. The first-order valence-electron chi connectivity index (χ1n) is 5.41. The van der Waals surface area contributed by atoms with Crippen LogP contribution < -0.4 is 4.90 Å². The third kappa shape index (κ3) is 2.46. The van der Waals surface area contributed by atoms with Crippen molar-refractivity contribution < 1.29 is 8.78 Å². The van der Waals surface area contributed by atoms with E-state index < -0.39 is 5.92 Å². The molecule has 0 spiro atoms. The van der Waals surface area contributed by atoms with Gasteiger partial charge < -0.3 is 4.90 Å². The molecule has 0 aliphatic carbocycles. The Labute approximate surface area is 93.5 Å². The van der Waals surface area contributed by atoms with Crippen LogP contribution in [-0.2, 0) is 0 Å². The number of hydrogen-bond donors (Lipinski definition) is 0. The van der Waals surface area contributed by atoms with Crippen molar-refractivity contribution in [3.8, 4) is 0 Å². The van der Waals surface area contributed by atoms with E-state index in [1.54, 1.807) is 0 Å². The zero-order chi connectivity index (χ0) is 11.8. The lowest BCUT2D eigenvalue weighted by molar-refractivity contribution is -0.0222. The lowest BCUT2D eigenvalue weighted by Gasteiger charge is -2.31. The molecule has 0 atom stereocenters. The molecule has 0 radical (unpaired) electrons. The molecule has 2 rings (SSSR count). The van der Waals surface area contributed by atoms with Crippen molar-refractivity contribution in [2.75, 3.05) is 18.0 Å². The van der Waals surface area contributed by atoms with Gasteiger partial charge in [0.2, 0.25) is 5.95 Å². The third-order valence-corrected chi connectivity index (χ3v) is 2.75. The van der Waals surface area contributed by atoms with E-state index in [1.165, 1.54) is 0 Å². The summed E-state index contributed by atoms with van der Waals surface area (Å²) in [5.74, 6) is -1.94. The molecule has 0 aromatic carbocycles. The number of aryl methyl sites for hydroxylation is 2. The van der Waals surface area contributed by atoms with Gasteiger partial charge in [-0.2, -0.15) is 0 Å². The van der Waals surface area contributed by atoms with E-state index in [1.807, 2.05) is 24.8 Å². The van der Waals surface area contributed by atoms with E-state index in [2.05, 4.69) is 9.97 Å². The fourth-order valence-corrected chi connectivity index (χ4v) is 1.88. The number of piperidine rings is 1. The second-order valence-electron chi connectivity index (χ2n) is 4.29. The van der Waals surface area contributed by atoms with Gasteiger partial charge >= 0.3 is 0 Å². The number of anilines is 1. The Kier molecular flexibility index (Phi) is 2.78. The maximum atomic E-state index is 13.0. The highest BCUT2D eigenvalue weighted by Gasteiger charge is 2.34. The molecule has 88 valence electrons. The van der Waals surface area contributed by atoms with E-state index in [0.29, 0.717) is 19.0 Å². The summed E-state index contributed by atoms with van der Waals surface area (Å²) in [6.45, 7) is 4.43. The van der Waals surface area contributed by atoms with Crippen LogP contribution in [0.3, 0.4) is 0 Å². The molecule has 1 aromatic heterocycles. The van der Waals surface area contributed by atoms with Crippen molar-refractivity contribution in [2.45, 2.75) is 32.6 Å². The topological polar surface area (TPSA) is 29.0 Å². The van der Waals surface area contributed by atoms with Crippen LogP contribution in [0, 0.1) is 13.8 Å². The zero-order valence-electron chi connectivity index (χ0n) is 9.50.